The zero-order valence-electron chi connectivity index (χ0n) is 9.31. The third-order valence-corrected chi connectivity index (χ3v) is 2.44. The molecule has 90 valence electrons. The summed E-state index contributed by atoms with van der Waals surface area (Å²) >= 11 is 0. The minimum atomic E-state index is -0.861. The summed E-state index contributed by atoms with van der Waals surface area (Å²) in [4.78, 5) is 21.9. The van der Waals surface area contributed by atoms with Crippen LogP contribution >= 0.6 is 0 Å². The number of carbonyl (C=O) groups is 2. The number of ether oxygens (including phenoxy) is 1. The second-order valence-electron chi connectivity index (χ2n) is 3.81. The smallest absolute Gasteiger partial charge is 0.407 e. The highest BCUT2D eigenvalue weighted by molar-refractivity contribution is 5.74. The van der Waals surface area contributed by atoms with Crippen LogP contribution < -0.4 is 5.32 Å². The molecule has 1 aliphatic rings. The summed E-state index contributed by atoms with van der Waals surface area (Å²) in [7, 11) is 0. The van der Waals surface area contributed by atoms with Crippen molar-refractivity contribution in [2.75, 3.05) is 6.61 Å². The van der Waals surface area contributed by atoms with Gasteiger partial charge in [-0.15, -0.1) is 0 Å². The molecule has 2 atom stereocenters. The standard InChI is InChI=1S/C11H17NO4/c1-2-3-6-16-11(15)12-9-5-4-8(7-9)10(13)14/h4-5,8-9H,2-3,6-7H2,1H3,(H,12,15)(H,13,14). The molecule has 1 aliphatic carbocycles. The first-order valence-electron chi connectivity index (χ1n) is 5.48. The second kappa shape index (κ2) is 6.15. The SMILES string of the molecule is CCCCOC(=O)NC1C=CC(C(=O)O)C1. The Balaban J connectivity index is 2.21. The van der Waals surface area contributed by atoms with Crippen molar-refractivity contribution in [2.24, 2.45) is 5.92 Å². The van der Waals surface area contributed by atoms with E-state index in [1.54, 1.807) is 12.2 Å². The van der Waals surface area contributed by atoms with Crippen molar-refractivity contribution in [3.63, 3.8) is 0 Å². The second-order valence-corrected chi connectivity index (χ2v) is 3.81. The Hall–Kier alpha value is -1.52. The molecular formula is C11H17NO4. The average molecular weight is 227 g/mol. The molecule has 0 saturated carbocycles. The summed E-state index contributed by atoms with van der Waals surface area (Å²) in [6.45, 7) is 2.42. The van der Waals surface area contributed by atoms with E-state index < -0.39 is 18.0 Å². The third kappa shape index (κ3) is 3.92. The average Bonchev–Trinajstić information content (AvgIpc) is 2.66. The molecule has 0 radical (unpaired) electrons. The Labute approximate surface area is 94.5 Å². The normalized spacial score (nSPS) is 23.1. The van der Waals surface area contributed by atoms with Gasteiger partial charge in [-0.05, 0) is 12.8 Å². The highest BCUT2D eigenvalue weighted by atomic mass is 16.5. The van der Waals surface area contributed by atoms with E-state index in [1.165, 1.54) is 0 Å². The number of nitrogens with one attached hydrogen (secondary N) is 1. The fourth-order valence-corrected chi connectivity index (χ4v) is 1.49. The summed E-state index contributed by atoms with van der Waals surface area (Å²) in [5.41, 5.74) is 0. The summed E-state index contributed by atoms with van der Waals surface area (Å²) in [5.74, 6) is -1.36. The van der Waals surface area contributed by atoms with E-state index in [0.717, 1.165) is 12.8 Å². The van der Waals surface area contributed by atoms with Gasteiger partial charge in [-0.3, -0.25) is 4.79 Å². The Morgan fingerprint density at radius 3 is 2.81 bits per heavy atom. The number of unbranched alkanes of at least 4 members (excludes halogenated alkanes) is 1. The van der Waals surface area contributed by atoms with Crippen molar-refractivity contribution in [3.05, 3.63) is 12.2 Å². The molecule has 0 aliphatic heterocycles. The van der Waals surface area contributed by atoms with Gasteiger partial charge in [0.1, 0.15) is 0 Å². The number of alkyl carbamates (subject to hydrolysis) is 1. The van der Waals surface area contributed by atoms with Crippen LogP contribution in [0.5, 0.6) is 0 Å². The van der Waals surface area contributed by atoms with E-state index in [9.17, 15) is 9.59 Å². The monoisotopic (exact) mass is 227 g/mol. The van der Waals surface area contributed by atoms with Crippen molar-refractivity contribution >= 4 is 12.1 Å². The van der Waals surface area contributed by atoms with E-state index >= 15 is 0 Å². The molecule has 1 rings (SSSR count). The van der Waals surface area contributed by atoms with Gasteiger partial charge in [0, 0.05) is 0 Å². The number of rotatable bonds is 5. The minimum Gasteiger partial charge on any atom is -0.481 e. The van der Waals surface area contributed by atoms with Gasteiger partial charge < -0.3 is 15.2 Å². The molecular weight excluding hydrogens is 210 g/mol. The van der Waals surface area contributed by atoms with Crippen molar-refractivity contribution in [1.82, 2.24) is 5.32 Å². The number of carbonyl (C=O) groups excluding carboxylic acids is 1. The van der Waals surface area contributed by atoms with Crippen LogP contribution in [0.15, 0.2) is 12.2 Å². The maximum absolute atomic E-state index is 11.2. The van der Waals surface area contributed by atoms with Crippen LogP contribution in [0, 0.1) is 5.92 Å². The fourth-order valence-electron chi connectivity index (χ4n) is 1.49. The number of hydrogen-bond donors (Lipinski definition) is 2. The van der Waals surface area contributed by atoms with Gasteiger partial charge >= 0.3 is 12.1 Å². The topological polar surface area (TPSA) is 75.6 Å². The number of aliphatic carboxylic acids is 1. The molecule has 0 fully saturated rings. The lowest BCUT2D eigenvalue weighted by Crippen LogP contribution is -2.33. The Morgan fingerprint density at radius 1 is 1.50 bits per heavy atom. The molecule has 16 heavy (non-hydrogen) atoms. The lowest BCUT2D eigenvalue weighted by atomic mass is 10.1. The molecule has 5 nitrogen and oxygen atoms in total. The first kappa shape index (κ1) is 12.5. The predicted octanol–water partition coefficient (Wildman–Crippen LogP) is 1.54. The third-order valence-electron chi connectivity index (χ3n) is 2.44. The summed E-state index contributed by atoms with van der Waals surface area (Å²) in [5, 5.41) is 11.4. The number of carboxylic acids is 1. The Bertz CT molecular complexity index is 288. The summed E-state index contributed by atoms with van der Waals surface area (Å²) in [6.07, 6.45) is 5.02. The van der Waals surface area contributed by atoms with Gasteiger partial charge in [0.05, 0.1) is 18.6 Å². The lowest BCUT2D eigenvalue weighted by Gasteiger charge is -2.12. The van der Waals surface area contributed by atoms with Crippen LogP contribution in [0.4, 0.5) is 4.79 Å². The first-order chi connectivity index (χ1) is 7.63. The van der Waals surface area contributed by atoms with Crippen molar-refractivity contribution in [3.8, 4) is 0 Å². The quantitative estimate of drug-likeness (QED) is 0.552. The highest BCUT2D eigenvalue weighted by Crippen LogP contribution is 2.17. The van der Waals surface area contributed by atoms with Gasteiger partial charge in [-0.25, -0.2) is 4.79 Å². The minimum absolute atomic E-state index is 0.227. The molecule has 2 unspecified atom stereocenters. The van der Waals surface area contributed by atoms with Crippen LogP contribution in [-0.4, -0.2) is 29.8 Å². The molecule has 1 amide bonds. The molecule has 0 aromatic heterocycles. The zero-order chi connectivity index (χ0) is 12.0. The molecule has 0 bridgehead atoms. The van der Waals surface area contributed by atoms with Gasteiger partial charge in [0.15, 0.2) is 0 Å². The maximum Gasteiger partial charge on any atom is 0.407 e. The molecule has 0 spiro atoms. The molecule has 0 heterocycles. The predicted molar refractivity (Wildman–Crippen MR) is 58.1 cm³/mol. The van der Waals surface area contributed by atoms with Crippen LogP contribution in [0.3, 0.4) is 0 Å². The van der Waals surface area contributed by atoms with Crippen molar-refractivity contribution < 1.29 is 19.4 Å². The summed E-state index contributed by atoms with van der Waals surface area (Å²) in [6, 6.07) is -0.227. The van der Waals surface area contributed by atoms with Gasteiger partial charge in [-0.2, -0.15) is 0 Å². The Kier molecular flexibility index (Phi) is 4.82. The van der Waals surface area contributed by atoms with Crippen LogP contribution in [0.1, 0.15) is 26.2 Å². The Morgan fingerprint density at radius 2 is 2.25 bits per heavy atom. The summed E-state index contributed by atoms with van der Waals surface area (Å²) < 4.78 is 4.91. The van der Waals surface area contributed by atoms with Crippen LogP contribution in [0.25, 0.3) is 0 Å². The van der Waals surface area contributed by atoms with Gasteiger partial charge in [0.25, 0.3) is 0 Å². The van der Waals surface area contributed by atoms with Crippen molar-refractivity contribution in [1.29, 1.82) is 0 Å². The number of carboxylic acid groups (broad SMARTS) is 1. The number of hydrogen-bond acceptors (Lipinski definition) is 3. The largest absolute Gasteiger partial charge is 0.481 e. The molecule has 0 saturated heterocycles. The molecule has 5 heteroatoms. The van der Waals surface area contributed by atoms with E-state index in [-0.39, 0.29) is 6.04 Å². The molecule has 0 aromatic rings. The van der Waals surface area contributed by atoms with E-state index in [0.29, 0.717) is 13.0 Å². The van der Waals surface area contributed by atoms with E-state index in [4.69, 9.17) is 9.84 Å². The fraction of sp³-hybridized carbons (Fsp3) is 0.636. The highest BCUT2D eigenvalue weighted by Gasteiger charge is 2.25. The van der Waals surface area contributed by atoms with Crippen LogP contribution in [0.2, 0.25) is 0 Å². The van der Waals surface area contributed by atoms with E-state index in [2.05, 4.69) is 5.32 Å². The molecule has 2 N–H and O–H groups in total. The maximum atomic E-state index is 11.2. The first-order valence-corrected chi connectivity index (χ1v) is 5.48. The van der Waals surface area contributed by atoms with Crippen molar-refractivity contribution in [2.45, 2.75) is 32.2 Å². The molecule has 0 aromatic carbocycles. The number of amides is 1. The van der Waals surface area contributed by atoms with Gasteiger partial charge in [-0.1, -0.05) is 25.5 Å². The van der Waals surface area contributed by atoms with Crippen LogP contribution in [-0.2, 0) is 9.53 Å². The zero-order valence-corrected chi connectivity index (χ0v) is 9.31. The lowest BCUT2D eigenvalue weighted by molar-refractivity contribution is -0.140. The van der Waals surface area contributed by atoms with Gasteiger partial charge in [0.2, 0.25) is 0 Å². The van der Waals surface area contributed by atoms with E-state index in [1.807, 2.05) is 6.92 Å².